The summed E-state index contributed by atoms with van der Waals surface area (Å²) in [6, 6.07) is 0.127. The van der Waals surface area contributed by atoms with E-state index in [4.69, 9.17) is 15.2 Å². The summed E-state index contributed by atoms with van der Waals surface area (Å²) in [6.45, 7) is 3.81. The summed E-state index contributed by atoms with van der Waals surface area (Å²) in [5, 5.41) is 0. The van der Waals surface area contributed by atoms with Crippen LogP contribution in [0.25, 0.3) is 0 Å². The Morgan fingerprint density at radius 3 is 2.56 bits per heavy atom. The summed E-state index contributed by atoms with van der Waals surface area (Å²) in [5.74, 6) is 0. The summed E-state index contributed by atoms with van der Waals surface area (Å²) in [6.07, 6.45) is 0. The van der Waals surface area contributed by atoms with E-state index >= 15 is 0 Å². The third kappa shape index (κ3) is 7.88. The van der Waals surface area contributed by atoms with Gasteiger partial charge in [0.1, 0.15) is 0 Å². The van der Waals surface area contributed by atoms with Crippen LogP contribution in [-0.4, -0.2) is 33.0 Å². The lowest BCUT2D eigenvalue weighted by Crippen LogP contribution is -2.22. The van der Waals surface area contributed by atoms with Crippen molar-refractivity contribution in [3.63, 3.8) is 0 Å². The molecule has 0 aliphatic heterocycles. The summed E-state index contributed by atoms with van der Waals surface area (Å²) < 4.78 is 9.84. The molecular formula is C6H15NO2. The Labute approximate surface area is 56.1 Å². The average molecular weight is 133 g/mol. The zero-order chi connectivity index (χ0) is 7.11. The maximum Gasteiger partial charge on any atom is 0.0701 e. The molecule has 0 rings (SSSR count). The van der Waals surface area contributed by atoms with Crippen LogP contribution >= 0.6 is 0 Å². The molecule has 0 aromatic rings. The lowest BCUT2D eigenvalue weighted by atomic mass is 10.4. The second-order valence-electron chi connectivity index (χ2n) is 2.04. The molecule has 0 aromatic heterocycles. The highest BCUT2D eigenvalue weighted by Gasteiger charge is 1.91. The predicted molar refractivity (Wildman–Crippen MR) is 36.3 cm³/mol. The van der Waals surface area contributed by atoms with E-state index in [9.17, 15) is 0 Å². The van der Waals surface area contributed by atoms with Gasteiger partial charge >= 0.3 is 0 Å². The van der Waals surface area contributed by atoms with E-state index in [0.29, 0.717) is 19.8 Å². The van der Waals surface area contributed by atoms with E-state index in [2.05, 4.69) is 0 Å². The fourth-order valence-electron chi connectivity index (χ4n) is 0.411. The lowest BCUT2D eigenvalue weighted by Gasteiger charge is -2.04. The van der Waals surface area contributed by atoms with Gasteiger partial charge in [-0.15, -0.1) is 0 Å². The monoisotopic (exact) mass is 133 g/mol. The zero-order valence-electron chi connectivity index (χ0n) is 6.09. The van der Waals surface area contributed by atoms with Crippen molar-refractivity contribution in [1.29, 1.82) is 0 Å². The van der Waals surface area contributed by atoms with E-state index in [-0.39, 0.29) is 6.04 Å². The third-order valence-corrected chi connectivity index (χ3v) is 0.813. The van der Waals surface area contributed by atoms with E-state index in [1.165, 1.54) is 0 Å². The summed E-state index contributed by atoms with van der Waals surface area (Å²) >= 11 is 0. The number of methoxy groups -OCH3 is 1. The predicted octanol–water partition coefficient (Wildman–Crippen LogP) is -0.00340. The first-order valence-corrected chi connectivity index (χ1v) is 3.09. The standard InChI is InChI=1S/C6H15NO2/c1-6(7)5-9-4-3-8-2/h6H,3-5,7H2,1-2H3/t6-/m1/s1. The Balaban J connectivity index is 2.75. The van der Waals surface area contributed by atoms with Gasteiger partial charge in [-0.3, -0.25) is 0 Å². The van der Waals surface area contributed by atoms with Gasteiger partial charge in [0.25, 0.3) is 0 Å². The van der Waals surface area contributed by atoms with Gasteiger partial charge in [-0.1, -0.05) is 0 Å². The van der Waals surface area contributed by atoms with E-state index in [1.54, 1.807) is 7.11 Å². The zero-order valence-corrected chi connectivity index (χ0v) is 6.09. The first-order chi connectivity index (χ1) is 4.27. The number of hydrogen-bond donors (Lipinski definition) is 1. The van der Waals surface area contributed by atoms with Crippen LogP contribution in [0.1, 0.15) is 6.92 Å². The van der Waals surface area contributed by atoms with Crippen LogP contribution in [0, 0.1) is 0 Å². The minimum atomic E-state index is 0.127. The Hall–Kier alpha value is -0.120. The maximum absolute atomic E-state index is 5.41. The minimum Gasteiger partial charge on any atom is -0.382 e. The summed E-state index contributed by atoms with van der Waals surface area (Å²) in [7, 11) is 1.65. The molecule has 0 bridgehead atoms. The van der Waals surface area contributed by atoms with Crippen LogP contribution in [0.4, 0.5) is 0 Å². The lowest BCUT2D eigenvalue weighted by molar-refractivity contribution is 0.0656. The van der Waals surface area contributed by atoms with E-state index in [1.807, 2.05) is 6.92 Å². The second kappa shape index (κ2) is 6.01. The first-order valence-electron chi connectivity index (χ1n) is 3.09. The van der Waals surface area contributed by atoms with Crippen LogP contribution in [0.2, 0.25) is 0 Å². The van der Waals surface area contributed by atoms with Gasteiger partial charge in [0, 0.05) is 13.2 Å². The molecule has 0 fully saturated rings. The molecule has 9 heavy (non-hydrogen) atoms. The van der Waals surface area contributed by atoms with Crippen molar-refractivity contribution in [2.45, 2.75) is 13.0 Å². The Morgan fingerprint density at radius 2 is 2.11 bits per heavy atom. The molecule has 0 heterocycles. The maximum atomic E-state index is 5.41. The van der Waals surface area contributed by atoms with E-state index in [0.717, 1.165) is 0 Å². The van der Waals surface area contributed by atoms with Gasteiger partial charge in [-0.2, -0.15) is 0 Å². The highest BCUT2D eigenvalue weighted by Crippen LogP contribution is 1.79. The van der Waals surface area contributed by atoms with Crippen molar-refractivity contribution in [2.24, 2.45) is 5.73 Å². The fourth-order valence-corrected chi connectivity index (χ4v) is 0.411. The molecule has 0 unspecified atom stereocenters. The first kappa shape index (κ1) is 8.88. The van der Waals surface area contributed by atoms with Crippen molar-refractivity contribution >= 4 is 0 Å². The van der Waals surface area contributed by atoms with Crippen molar-refractivity contribution in [2.75, 3.05) is 26.9 Å². The normalized spacial score (nSPS) is 13.7. The van der Waals surface area contributed by atoms with Crippen LogP contribution in [0.15, 0.2) is 0 Å². The number of nitrogens with two attached hydrogens (primary N) is 1. The van der Waals surface area contributed by atoms with E-state index < -0.39 is 0 Å². The molecule has 0 aliphatic carbocycles. The molecule has 0 amide bonds. The molecule has 0 aliphatic rings. The largest absolute Gasteiger partial charge is 0.382 e. The third-order valence-electron chi connectivity index (χ3n) is 0.813. The average Bonchev–Trinajstić information content (AvgIpc) is 1.80. The Bertz CT molecular complexity index is 57.0. The van der Waals surface area contributed by atoms with Crippen molar-refractivity contribution in [3.8, 4) is 0 Å². The molecule has 0 saturated heterocycles. The van der Waals surface area contributed by atoms with Crippen molar-refractivity contribution in [3.05, 3.63) is 0 Å². The van der Waals surface area contributed by atoms with Crippen LogP contribution < -0.4 is 5.73 Å². The topological polar surface area (TPSA) is 44.5 Å². The molecule has 3 heteroatoms. The number of rotatable bonds is 5. The highest BCUT2D eigenvalue weighted by atomic mass is 16.5. The molecule has 1 atom stereocenters. The molecular weight excluding hydrogens is 118 g/mol. The smallest absolute Gasteiger partial charge is 0.0701 e. The highest BCUT2D eigenvalue weighted by molar-refractivity contribution is 4.47. The molecule has 0 saturated carbocycles. The molecule has 56 valence electrons. The van der Waals surface area contributed by atoms with Crippen molar-refractivity contribution in [1.82, 2.24) is 0 Å². The second-order valence-corrected chi connectivity index (χ2v) is 2.04. The van der Waals surface area contributed by atoms with Gasteiger partial charge in [-0.05, 0) is 6.92 Å². The molecule has 2 N–H and O–H groups in total. The van der Waals surface area contributed by atoms with Crippen LogP contribution in [0.5, 0.6) is 0 Å². The number of hydrogen-bond acceptors (Lipinski definition) is 3. The van der Waals surface area contributed by atoms with Gasteiger partial charge in [0.05, 0.1) is 19.8 Å². The fraction of sp³-hybridized carbons (Fsp3) is 1.00. The van der Waals surface area contributed by atoms with Crippen molar-refractivity contribution < 1.29 is 9.47 Å². The van der Waals surface area contributed by atoms with Gasteiger partial charge in [-0.25, -0.2) is 0 Å². The number of ether oxygens (including phenoxy) is 2. The Kier molecular flexibility index (Phi) is 5.93. The minimum absolute atomic E-state index is 0.127. The molecule has 3 nitrogen and oxygen atoms in total. The molecule has 0 spiro atoms. The van der Waals surface area contributed by atoms with Crippen LogP contribution in [-0.2, 0) is 9.47 Å². The van der Waals surface area contributed by atoms with Crippen LogP contribution in [0.3, 0.4) is 0 Å². The van der Waals surface area contributed by atoms with Gasteiger partial charge in [0.15, 0.2) is 0 Å². The van der Waals surface area contributed by atoms with Gasteiger partial charge < -0.3 is 15.2 Å². The molecule has 0 aromatic carbocycles. The summed E-state index contributed by atoms with van der Waals surface area (Å²) in [5.41, 5.74) is 5.41. The quantitative estimate of drug-likeness (QED) is 0.537. The molecule has 0 radical (unpaired) electrons. The SMILES string of the molecule is COCCOC[C@@H](C)N. The van der Waals surface area contributed by atoms with Gasteiger partial charge in [0.2, 0.25) is 0 Å². The summed E-state index contributed by atoms with van der Waals surface area (Å²) in [4.78, 5) is 0. The Morgan fingerprint density at radius 1 is 1.44 bits per heavy atom.